The lowest BCUT2D eigenvalue weighted by atomic mass is 9.76. The van der Waals surface area contributed by atoms with Crippen molar-refractivity contribution in [1.82, 2.24) is 15.1 Å². The number of likely N-dealkylation sites (tertiary alicyclic amines) is 1. The van der Waals surface area contributed by atoms with Gasteiger partial charge in [0.2, 0.25) is 11.8 Å². The number of aliphatic hydroxyl groups excluding tert-OH is 1. The third-order valence-electron chi connectivity index (χ3n) is 12.3. The van der Waals surface area contributed by atoms with Crippen LogP contribution in [0.5, 0.6) is 0 Å². The van der Waals surface area contributed by atoms with Crippen LogP contribution in [-0.4, -0.2) is 114 Å². The highest BCUT2D eigenvalue weighted by Gasteiger charge is 2.46. The Morgan fingerprint density at radius 1 is 0.962 bits per heavy atom. The van der Waals surface area contributed by atoms with Gasteiger partial charge in [-0.1, -0.05) is 78.3 Å². The molecule has 302 valence electrons. The number of nitrogens with zero attached hydrogens (tertiary/aromatic N) is 2. The van der Waals surface area contributed by atoms with Crippen molar-refractivity contribution in [2.45, 2.75) is 142 Å². The van der Waals surface area contributed by atoms with Gasteiger partial charge in [-0.05, 0) is 64.0 Å². The quantitative estimate of drug-likeness (QED) is 0.146. The zero-order valence-corrected chi connectivity index (χ0v) is 34.8. The minimum atomic E-state index is -1.49. The van der Waals surface area contributed by atoms with E-state index in [0.29, 0.717) is 19.4 Å². The molecule has 0 aliphatic carbocycles. The second kappa shape index (κ2) is 20.3. The predicted octanol–water partition coefficient (Wildman–Crippen LogP) is 5.22. The Kier molecular flexibility index (Phi) is 17.8. The first kappa shape index (κ1) is 46.5. The van der Waals surface area contributed by atoms with Gasteiger partial charge < -0.3 is 34.8 Å². The van der Waals surface area contributed by atoms with E-state index in [1.54, 1.807) is 44.9 Å². The van der Waals surface area contributed by atoms with Crippen molar-refractivity contribution in [1.29, 1.82) is 0 Å². The average Bonchev–Trinajstić information content (AvgIpc) is 3.61. The van der Waals surface area contributed by atoms with Gasteiger partial charge in [-0.2, -0.15) is 0 Å². The van der Waals surface area contributed by atoms with Crippen LogP contribution in [0.15, 0.2) is 30.3 Å². The van der Waals surface area contributed by atoms with Gasteiger partial charge in [0.25, 0.3) is 0 Å². The van der Waals surface area contributed by atoms with Crippen molar-refractivity contribution in [3.63, 3.8) is 0 Å². The Morgan fingerprint density at radius 3 is 2.06 bits per heavy atom. The standard InChI is InChI=1S/C42H71N3O8/c1-14-27(4)37(44(11)40(50)31(41(7,8)51)24-35(47)42(9,43-10)26(2)3)34(52-12)25-36(48)45-22-18-21-32(45)39(53-13)29(6)33(46)23-28(5)38(49)30-19-16-15-17-20-30/h15-17,19-20,26-29,31-32,34,37-39,43,49,51H,14,18,21-25H2,1-13H3/t27-,28-,29-,31+,32-,34+,37-,38+,39+,42?/m0/s1. The van der Waals surface area contributed by atoms with Gasteiger partial charge in [0.1, 0.15) is 5.78 Å². The van der Waals surface area contributed by atoms with E-state index in [9.17, 15) is 29.4 Å². The molecule has 2 rings (SSSR count). The van der Waals surface area contributed by atoms with Crippen LogP contribution in [0.25, 0.3) is 0 Å². The molecule has 1 aliphatic rings. The number of ketones is 2. The molecule has 1 unspecified atom stereocenters. The largest absolute Gasteiger partial charge is 0.390 e. The first-order chi connectivity index (χ1) is 24.7. The van der Waals surface area contributed by atoms with E-state index in [2.05, 4.69) is 5.32 Å². The number of benzene rings is 1. The van der Waals surface area contributed by atoms with Gasteiger partial charge in [-0.25, -0.2) is 0 Å². The average molecular weight is 746 g/mol. The fourth-order valence-electron chi connectivity index (χ4n) is 7.97. The molecule has 0 aromatic heterocycles. The Bertz CT molecular complexity index is 1330. The number of ether oxygens (including phenoxy) is 2. The number of nitrogens with one attached hydrogen (secondary N) is 1. The molecule has 0 saturated carbocycles. The van der Waals surface area contributed by atoms with Crippen LogP contribution in [0.1, 0.15) is 113 Å². The SMILES string of the molecule is CC[C@H](C)[C@@H]([C@@H](CC(=O)N1CCC[C@H]1[C@H](OC)[C@@H](C)C(=O)C[C@H](C)[C@@H](O)c1ccccc1)OC)N(C)C(=O)[C@@H](CC(=O)C(C)(NC)C(C)C)C(C)(C)O. The Hall–Kier alpha value is -2.70. The lowest BCUT2D eigenvalue weighted by Gasteiger charge is -2.42. The molecule has 11 heteroatoms. The summed E-state index contributed by atoms with van der Waals surface area (Å²) in [5.41, 5.74) is -1.61. The summed E-state index contributed by atoms with van der Waals surface area (Å²) in [4.78, 5) is 59.1. The van der Waals surface area contributed by atoms with Crippen LogP contribution in [0, 0.1) is 29.6 Å². The number of hydrogen-bond acceptors (Lipinski definition) is 9. The van der Waals surface area contributed by atoms with E-state index >= 15 is 0 Å². The molecule has 10 atom stereocenters. The number of rotatable bonds is 22. The lowest BCUT2D eigenvalue weighted by molar-refractivity contribution is -0.154. The van der Waals surface area contributed by atoms with Crippen LogP contribution < -0.4 is 5.32 Å². The molecule has 0 spiro atoms. The van der Waals surface area contributed by atoms with E-state index in [4.69, 9.17) is 9.47 Å². The minimum absolute atomic E-state index is 0.00399. The topological polar surface area (TPSA) is 146 Å². The normalized spacial score (nSPS) is 20.8. The summed E-state index contributed by atoms with van der Waals surface area (Å²) in [6, 6.07) is 8.45. The van der Waals surface area contributed by atoms with Gasteiger partial charge in [-0.15, -0.1) is 0 Å². The monoisotopic (exact) mass is 746 g/mol. The fraction of sp³-hybridized carbons (Fsp3) is 0.762. The molecule has 53 heavy (non-hydrogen) atoms. The summed E-state index contributed by atoms with van der Waals surface area (Å²) in [6.07, 6.45) is 0.157. The summed E-state index contributed by atoms with van der Waals surface area (Å²) < 4.78 is 12.0. The van der Waals surface area contributed by atoms with Crippen molar-refractivity contribution < 1.29 is 38.9 Å². The van der Waals surface area contributed by atoms with Gasteiger partial charge in [0.05, 0.1) is 53.9 Å². The number of likely N-dealkylation sites (N-methyl/N-ethyl adjacent to an activating group) is 2. The zero-order valence-electron chi connectivity index (χ0n) is 34.8. The summed E-state index contributed by atoms with van der Waals surface area (Å²) in [5, 5.41) is 25.3. The highest BCUT2D eigenvalue weighted by molar-refractivity contribution is 5.93. The number of aliphatic hydroxyl groups is 2. The van der Waals surface area contributed by atoms with Crippen molar-refractivity contribution in [2.24, 2.45) is 29.6 Å². The Morgan fingerprint density at radius 2 is 1.57 bits per heavy atom. The molecule has 1 heterocycles. The molecule has 1 aromatic carbocycles. The molecular formula is C42H71N3O8. The molecule has 11 nitrogen and oxygen atoms in total. The van der Waals surface area contributed by atoms with Crippen molar-refractivity contribution in [3.8, 4) is 0 Å². The van der Waals surface area contributed by atoms with Gasteiger partial charge in [0.15, 0.2) is 5.78 Å². The van der Waals surface area contributed by atoms with E-state index in [1.807, 2.05) is 78.8 Å². The maximum Gasteiger partial charge on any atom is 0.229 e. The zero-order chi connectivity index (χ0) is 40.4. The summed E-state index contributed by atoms with van der Waals surface area (Å²) in [6.45, 7) is 17.0. The molecular weight excluding hydrogens is 674 g/mol. The molecule has 1 saturated heterocycles. The smallest absolute Gasteiger partial charge is 0.229 e. The van der Waals surface area contributed by atoms with Gasteiger partial charge in [-0.3, -0.25) is 19.2 Å². The molecule has 2 amide bonds. The molecule has 0 radical (unpaired) electrons. The van der Waals surface area contributed by atoms with Crippen LogP contribution in [0.2, 0.25) is 0 Å². The molecule has 0 bridgehead atoms. The van der Waals surface area contributed by atoms with Gasteiger partial charge >= 0.3 is 0 Å². The maximum absolute atomic E-state index is 14.3. The van der Waals surface area contributed by atoms with Crippen LogP contribution in [0.3, 0.4) is 0 Å². The second-order valence-electron chi connectivity index (χ2n) is 16.5. The maximum atomic E-state index is 14.3. The van der Waals surface area contributed by atoms with Crippen LogP contribution >= 0.6 is 0 Å². The van der Waals surface area contributed by atoms with Crippen LogP contribution in [0.4, 0.5) is 0 Å². The number of methoxy groups -OCH3 is 2. The third kappa shape index (κ3) is 11.4. The van der Waals surface area contributed by atoms with Crippen molar-refractivity contribution in [3.05, 3.63) is 35.9 Å². The molecule has 1 aliphatic heterocycles. The highest BCUT2D eigenvalue weighted by atomic mass is 16.5. The van der Waals surface area contributed by atoms with E-state index < -0.39 is 47.3 Å². The van der Waals surface area contributed by atoms with Crippen LogP contribution in [-0.2, 0) is 28.7 Å². The second-order valence-corrected chi connectivity index (χ2v) is 16.5. The fourth-order valence-corrected chi connectivity index (χ4v) is 7.97. The first-order valence-corrected chi connectivity index (χ1v) is 19.5. The molecule has 1 aromatic rings. The molecule has 3 N–H and O–H groups in total. The van der Waals surface area contributed by atoms with Crippen molar-refractivity contribution in [2.75, 3.05) is 34.9 Å². The number of hydrogen-bond donors (Lipinski definition) is 3. The summed E-state index contributed by atoms with van der Waals surface area (Å²) in [5.74, 6) is -2.69. The number of carbonyl (C=O) groups excluding carboxylic acids is 4. The summed E-state index contributed by atoms with van der Waals surface area (Å²) >= 11 is 0. The number of Topliss-reactive ketones (excluding diaryl/α,β-unsaturated/α-hetero) is 2. The van der Waals surface area contributed by atoms with Crippen molar-refractivity contribution >= 4 is 23.4 Å². The predicted molar refractivity (Wildman–Crippen MR) is 208 cm³/mol. The van der Waals surface area contributed by atoms with E-state index in [1.165, 1.54) is 7.11 Å². The Balaban J connectivity index is 2.30. The number of carbonyl (C=O) groups is 4. The highest BCUT2D eigenvalue weighted by Crippen LogP contribution is 2.34. The molecule has 1 fully saturated rings. The van der Waals surface area contributed by atoms with Gasteiger partial charge in [0, 0.05) is 46.6 Å². The summed E-state index contributed by atoms with van der Waals surface area (Å²) in [7, 11) is 6.50. The third-order valence-corrected chi connectivity index (χ3v) is 12.3. The minimum Gasteiger partial charge on any atom is -0.390 e. The van der Waals surface area contributed by atoms with E-state index in [-0.39, 0.29) is 66.4 Å². The Labute approximate surface area is 319 Å². The number of amides is 2. The first-order valence-electron chi connectivity index (χ1n) is 19.5. The lowest BCUT2D eigenvalue weighted by Crippen LogP contribution is -2.57. The van der Waals surface area contributed by atoms with E-state index in [0.717, 1.165) is 12.0 Å².